The lowest BCUT2D eigenvalue weighted by molar-refractivity contribution is 0.0700. The van der Waals surface area contributed by atoms with E-state index in [0.29, 0.717) is 16.2 Å². The molecule has 2 unspecified atom stereocenters. The third-order valence-electron chi connectivity index (χ3n) is 3.50. The first-order valence-electron chi connectivity index (χ1n) is 6.65. The maximum absolute atomic E-state index is 11.3. The zero-order chi connectivity index (χ0) is 14.0. The van der Waals surface area contributed by atoms with Gasteiger partial charge < -0.3 is 10.0 Å². The smallest absolute Gasteiger partial charge is 0.347 e. The summed E-state index contributed by atoms with van der Waals surface area (Å²) in [4.78, 5) is 18.5. The number of carboxylic acids is 1. The van der Waals surface area contributed by atoms with Gasteiger partial charge in [-0.05, 0) is 13.3 Å². The van der Waals surface area contributed by atoms with Crippen LogP contribution in [0.2, 0.25) is 0 Å². The first-order valence-corrected chi connectivity index (χ1v) is 8.52. The van der Waals surface area contributed by atoms with Gasteiger partial charge in [-0.2, -0.15) is 11.8 Å². The average molecular weight is 300 g/mol. The van der Waals surface area contributed by atoms with Crippen LogP contribution in [0.1, 0.15) is 42.6 Å². The summed E-state index contributed by atoms with van der Waals surface area (Å²) < 4.78 is 0. The number of rotatable bonds is 4. The Morgan fingerprint density at radius 1 is 1.53 bits per heavy atom. The fourth-order valence-electron chi connectivity index (χ4n) is 2.24. The number of aromatic nitrogens is 1. The van der Waals surface area contributed by atoms with Gasteiger partial charge in [0.25, 0.3) is 0 Å². The summed E-state index contributed by atoms with van der Waals surface area (Å²) in [5, 5.41) is 10.7. The molecule has 0 spiro atoms. The van der Waals surface area contributed by atoms with Gasteiger partial charge in [-0.1, -0.05) is 31.6 Å². The maximum Gasteiger partial charge on any atom is 0.347 e. The normalized spacial score (nSPS) is 23.6. The number of thioether (sulfide) groups is 1. The third kappa shape index (κ3) is 3.05. The van der Waals surface area contributed by atoms with Crippen molar-refractivity contribution in [2.45, 2.75) is 44.9 Å². The van der Waals surface area contributed by atoms with Crippen LogP contribution in [0.15, 0.2) is 0 Å². The number of anilines is 1. The molecule has 1 fully saturated rings. The van der Waals surface area contributed by atoms with Gasteiger partial charge in [0.2, 0.25) is 0 Å². The van der Waals surface area contributed by atoms with Crippen molar-refractivity contribution >= 4 is 34.2 Å². The molecule has 2 atom stereocenters. The standard InChI is InChI=1S/C13H20N2O2S2/c1-4-5-10-11(12(16)17)19-13(14-10)15-6-7-18-9(3)8(15)2/h8-9H,4-7H2,1-3H3,(H,16,17). The van der Waals surface area contributed by atoms with E-state index >= 15 is 0 Å². The Morgan fingerprint density at radius 3 is 2.89 bits per heavy atom. The fraction of sp³-hybridized carbons (Fsp3) is 0.692. The summed E-state index contributed by atoms with van der Waals surface area (Å²) >= 11 is 3.30. The number of aryl methyl sites for hydroxylation is 1. The molecule has 19 heavy (non-hydrogen) atoms. The fourth-order valence-corrected chi connectivity index (χ4v) is 4.40. The van der Waals surface area contributed by atoms with Crippen molar-refractivity contribution in [2.24, 2.45) is 0 Å². The topological polar surface area (TPSA) is 53.4 Å². The number of carboxylic acid groups (broad SMARTS) is 1. The third-order valence-corrected chi connectivity index (χ3v) is 5.96. The highest BCUT2D eigenvalue weighted by molar-refractivity contribution is 8.00. The van der Waals surface area contributed by atoms with Gasteiger partial charge in [0.15, 0.2) is 5.13 Å². The lowest BCUT2D eigenvalue weighted by Gasteiger charge is -2.37. The zero-order valence-electron chi connectivity index (χ0n) is 11.5. The van der Waals surface area contributed by atoms with Crippen LogP contribution >= 0.6 is 23.1 Å². The molecule has 1 saturated heterocycles. The van der Waals surface area contributed by atoms with Crippen LogP contribution < -0.4 is 4.90 Å². The molecular formula is C13H20N2O2S2. The summed E-state index contributed by atoms with van der Waals surface area (Å²) in [6, 6.07) is 0.404. The highest BCUT2D eigenvalue weighted by atomic mass is 32.2. The van der Waals surface area contributed by atoms with Crippen LogP contribution in [-0.2, 0) is 6.42 Å². The lowest BCUT2D eigenvalue weighted by Crippen LogP contribution is -2.44. The van der Waals surface area contributed by atoms with Crippen LogP contribution in [0.4, 0.5) is 5.13 Å². The second-order valence-corrected chi connectivity index (χ2v) is 7.30. The van der Waals surface area contributed by atoms with Gasteiger partial charge in [-0.25, -0.2) is 9.78 Å². The van der Waals surface area contributed by atoms with Gasteiger partial charge in [0, 0.05) is 23.6 Å². The molecule has 1 aromatic rings. The van der Waals surface area contributed by atoms with Crippen molar-refractivity contribution in [1.82, 2.24) is 4.98 Å². The van der Waals surface area contributed by atoms with Crippen molar-refractivity contribution in [3.05, 3.63) is 10.6 Å². The molecule has 106 valence electrons. The molecule has 6 heteroatoms. The Balaban J connectivity index is 2.29. The van der Waals surface area contributed by atoms with Crippen molar-refractivity contribution < 1.29 is 9.90 Å². The predicted octanol–water partition coefficient (Wildman–Crippen LogP) is 3.12. The van der Waals surface area contributed by atoms with E-state index in [1.54, 1.807) is 0 Å². The number of aromatic carboxylic acids is 1. The molecule has 1 N–H and O–H groups in total. The van der Waals surface area contributed by atoms with Crippen LogP contribution in [0.25, 0.3) is 0 Å². The Bertz CT molecular complexity index is 461. The van der Waals surface area contributed by atoms with Crippen molar-refractivity contribution in [3.8, 4) is 0 Å². The van der Waals surface area contributed by atoms with Gasteiger partial charge >= 0.3 is 5.97 Å². The second kappa shape index (κ2) is 6.13. The molecular weight excluding hydrogens is 280 g/mol. The molecule has 0 bridgehead atoms. The Labute approximate surface area is 122 Å². The summed E-state index contributed by atoms with van der Waals surface area (Å²) in [6.45, 7) is 7.42. The van der Waals surface area contributed by atoms with Crippen molar-refractivity contribution in [2.75, 3.05) is 17.2 Å². The Morgan fingerprint density at radius 2 is 2.26 bits per heavy atom. The van der Waals surface area contributed by atoms with E-state index in [1.807, 2.05) is 18.7 Å². The molecule has 1 aliphatic rings. The number of hydrogen-bond donors (Lipinski definition) is 1. The molecule has 0 aliphatic carbocycles. The monoisotopic (exact) mass is 300 g/mol. The van der Waals surface area contributed by atoms with Gasteiger partial charge in [0.05, 0.1) is 5.69 Å². The number of hydrogen-bond acceptors (Lipinski definition) is 5. The quantitative estimate of drug-likeness (QED) is 0.926. The van der Waals surface area contributed by atoms with E-state index in [-0.39, 0.29) is 0 Å². The highest BCUT2D eigenvalue weighted by Gasteiger charge is 2.29. The molecule has 0 amide bonds. The summed E-state index contributed by atoms with van der Waals surface area (Å²) in [5.41, 5.74) is 0.744. The minimum Gasteiger partial charge on any atom is -0.477 e. The lowest BCUT2D eigenvalue weighted by atomic mass is 10.2. The number of nitrogens with zero attached hydrogens (tertiary/aromatic N) is 2. The minimum absolute atomic E-state index is 0.404. The average Bonchev–Trinajstić information content (AvgIpc) is 2.77. The first-order chi connectivity index (χ1) is 9.04. The number of thiazole rings is 1. The van der Waals surface area contributed by atoms with Gasteiger partial charge in [0.1, 0.15) is 4.88 Å². The van der Waals surface area contributed by atoms with Crippen molar-refractivity contribution in [3.63, 3.8) is 0 Å². The van der Waals surface area contributed by atoms with E-state index in [1.165, 1.54) is 11.3 Å². The summed E-state index contributed by atoms with van der Waals surface area (Å²) in [6.07, 6.45) is 1.66. The Hall–Kier alpha value is -0.750. The largest absolute Gasteiger partial charge is 0.477 e. The van der Waals surface area contributed by atoms with E-state index in [2.05, 4.69) is 23.7 Å². The zero-order valence-corrected chi connectivity index (χ0v) is 13.2. The summed E-state index contributed by atoms with van der Waals surface area (Å²) in [7, 11) is 0. The van der Waals surface area contributed by atoms with Gasteiger partial charge in [-0.15, -0.1) is 0 Å². The molecule has 4 nitrogen and oxygen atoms in total. The van der Waals surface area contributed by atoms with Crippen molar-refractivity contribution in [1.29, 1.82) is 0 Å². The molecule has 1 aliphatic heterocycles. The van der Waals surface area contributed by atoms with Crippen LogP contribution in [-0.4, -0.2) is 39.6 Å². The number of carbonyl (C=O) groups is 1. The Kier molecular flexibility index (Phi) is 4.73. The second-order valence-electron chi connectivity index (χ2n) is 4.84. The van der Waals surface area contributed by atoms with Crippen LogP contribution in [0, 0.1) is 0 Å². The molecule has 0 aromatic carbocycles. The molecule has 1 aromatic heterocycles. The molecule has 2 rings (SSSR count). The van der Waals surface area contributed by atoms with E-state index in [4.69, 9.17) is 0 Å². The summed E-state index contributed by atoms with van der Waals surface area (Å²) in [5.74, 6) is 0.232. The van der Waals surface area contributed by atoms with Crippen LogP contribution in [0.3, 0.4) is 0 Å². The van der Waals surface area contributed by atoms with E-state index < -0.39 is 5.97 Å². The molecule has 2 heterocycles. The first kappa shape index (κ1) is 14.7. The SMILES string of the molecule is CCCc1nc(N2CCSC(C)C2C)sc1C(=O)O. The van der Waals surface area contributed by atoms with E-state index in [9.17, 15) is 9.90 Å². The molecule has 0 saturated carbocycles. The maximum atomic E-state index is 11.3. The predicted molar refractivity (Wildman–Crippen MR) is 81.8 cm³/mol. The van der Waals surface area contributed by atoms with Crippen LogP contribution in [0.5, 0.6) is 0 Å². The minimum atomic E-state index is -0.848. The van der Waals surface area contributed by atoms with Gasteiger partial charge in [-0.3, -0.25) is 0 Å². The molecule has 0 radical (unpaired) electrons. The highest BCUT2D eigenvalue weighted by Crippen LogP contribution is 2.33. The van der Waals surface area contributed by atoms with E-state index in [0.717, 1.165) is 36.0 Å².